The maximum atomic E-state index is 13.1. The van der Waals surface area contributed by atoms with Gasteiger partial charge in [0.15, 0.2) is 0 Å². The third-order valence-corrected chi connectivity index (χ3v) is 5.15. The minimum absolute atomic E-state index is 0.0226. The fourth-order valence-electron chi connectivity index (χ4n) is 3.53. The molecule has 0 saturated heterocycles. The molecule has 0 aromatic heterocycles. The van der Waals surface area contributed by atoms with Gasteiger partial charge in [0.05, 0.1) is 31.5 Å². The molecule has 3 aromatic rings. The summed E-state index contributed by atoms with van der Waals surface area (Å²) in [4.78, 5) is 37.9. The molecule has 3 aromatic carbocycles. The number of benzene rings is 3. The minimum atomic E-state index is -0.530. The second kappa shape index (κ2) is 12.2. The summed E-state index contributed by atoms with van der Waals surface area (Å²) in [7, 11) is 0. The molecular weight excluding hydrogens is 416 g/mol. The highest BCUT2D eigenvalue weighted by Gasteiger charge is 2.23. The van der Waals surface area contributed by atoms with Crippen molar-refractivity contribution in [3.8, 4) is 0 Å². The van der Waals surface area contributed by atoms with Gasteiger partial charge >= 0.3 is 5.97 Å². The van der Waals surface area contributed by atoms with Crippen molar-refractivity contribution in [1.29, 1.82) is 0 Å². The molecule has 0 spiro atoms. The maximum Gasteiger partial charge on any atom is 0.308 e. The highest BCUT2D eigenvalue weighted by Crippen LogP contribution is 2.21. The van der Waals surface area contributed by atoms with Crippen molar-refractivity contribution in [2.75, 3.05) is 6.61 Å². The van der Waals surface area contributed by atoms with Crippen molar-refractivity contribution in [2.45, 2.75) is 31.8 Å². The lowest BCUT2D eigenvalue weighted by Crippen LogP contribution is -2.36. The predicted molar refractivity (Wildman–Crippen MR) is 126 cm³/mol. The average molecular weight is 445 g/mol. The summed E-state index contributed by atoms with van der Waals surface area (Å²) in [5.74, 6) is -0.928. The first-order valence-corrected chi connectivity index (χ1v) is 11.0. The van der Waals surface area contributed by atoms with Crippen LogP contribution in [-0.2, 0) is 14.3 Å². The number of ether oxygens (including phenoxy) is 1. The monoisotopic (exact) mass is 444 g/mol. The van der Waals surface area contributed by atoms with E-state index in [0.29, 0.717) is 5.56 Å². The highest BCUT2D eigenvalue weighted by molar-refractivity contribution is 5.94. The third kappa shape index (κ3) is 7.31. The fraction of sp³-hybridized carbons (Fsp3) is 0.222. The zero-order chi connectivity index (χ0) is 23.5. The number of hydrogen-bond acceptors (Lipinski definition) is 4. The van der Waals surface area contributed by atoms with E-state index in [0.717, 1.165) is 11.1 Å². The van der Waals surface area contributed by atoms with Crippen LogP contribution in [0.3, 0.4) is 0 Å². The maximum absolute atomic E-state index is 13.1. The van der Waals surface area contributed by atoms with Gasteiger partial charge in [-0.1, -0.05) is 78.9 Å². The molecule has 33 heavy (non-hydrogen) atoms. The van der Waals surface area contributed by atoms with Crippen molar-refractivity contribution in [3.05, 3.63) is 108 Å². The first-order valence-electron chi connectivity index (χ1n) is 11.0. The molecule has 0 aliphatic rings. The molecule has 6 heteroatoms. The van der Waals surface area contributed by atoms with Crippen LogP contribution in [0.1, 0.15) is 53.3 Å². The lowest BCUT2D eigenvalue weighted by Gasteiger charge is -2.22. The number of amides is 2. The number of carbonyl (C=O) groups excluding carboxylic acids is 3. The van der Waals surface area contributed by atoms with Crippen molar-refractivity contribution in [2.24, 2.45) is 0 Å². The van der Waals surface area contributed by atoms with E-state index in [1.54, 1.807) is 31.2 Å². The van der Waals surface area contributed by atoms with Gasteiger partial charge in [0, 0.05) is 5.56 Å². The van der Waals surface area contributed by atoms with Crippen LogP contribution in [0.15, 0.2) is 91.0 Å². The number of nitrogens with one attached hydrogen (secondary N) is 2. The molecule has 3 rings (SSSR count). The number of rotatable bonds is 10. The van der Waals surface area contributed by atoms with E-state index in [2.05, 4.69) is 10.6 Å². The molecule has 0 aliphatic carbocycles. The number of carbonyl (C=O) groups is 3. The normalized spacial score (nSPS) is 12.3. The van der Waals surface area contributed by atoms with Crippen LogP contribution in [0.2, 0.25) is 0 Å². The number of esters is 1. The van der Waals surface area contributed by atoms with Crippen molar-refractivity contribution in [3.63, 3.8) is 0 Å². The first-order chi connectivity index (χ1) is 16.1. The summed E-state index contributed by atoms with van der Waals surface area (Å²) in [6, 6.07) is 26.5. The van der Waals surface area contributed by atoms with Gasteiger partial charge in [-0.05, 0) is 30.2 Å². The lowest BCUT2D eigenvalue weighted by molar-refractivity contribution is -0.143. The molecule has 0 aliphatic heterocycles. The summed E-state index contributed by atoms with van der Waals surface area (Å²) in [6.45, 7) is 2.02. The molecule has 0 bridgehead atoms. The van der Waals surface area contributed by atoms with Crippen molar-refractivity contribution in [1.82, 2.24) is 10.6 Å². The zero-order valence-corrected chi connectivity index (χ0v) is 18.6. The van der Waals surface area contributed by atoms with E-state index in [1.807, 2.05) is 66.7 Å². The van der Waals surface area contributed by atoms with Crippen LogP contribution < -0.4 is 10.6 Å². The fourth-order valence-corrected chi connectivity index (χ4v) is 3.53. The average Bonchev–Trinajstić information content (AvgIpc) is 2.85. The Morgan fingerprint density at radius 1 is 0.697 bits per heavy atom. The smallest absolute Gasteiger partial charge is 0.308 e. The lowest BCUT2D eigenvalue weighted by atomic mass is 10.0. The van der Waals surface area contributed by atoms with Gasteiger partial charge in [-0.3, -0.25) is 14.4 Å². The topological polar surface area (TPSA) is 84.5 Å². The van der Waals surface area contributed by atoms with E-state index in [1.165, 1.54) is 0 Å². The van der Waals surface area contributed by atoms with E-state index in [4.69, 9.17) is 4.74 Å². The Labute approximate surface area is 194 Å². The molecule has 2 N–H and O–H groups in total. The van der Waals surface area contributed by atoms with Gasteiger partial charge in [0.25, 0.3) is 5.91 Å². The second-order valence-electron chi connectivity index (χ2n) is 7.55. The van der Waals surface area contributed by atoms with Crippen molar-refractivity contribution >= 4 is 17.8 Å². The van der Waals surface area contributed by atoms with Crippen LogP contribution in [0.25, 0.3) is 0 Å². The quantitative estimate of drug-likeness (QED) is 0.455. The molecular formula is C27H28N2O4. The van der Waals surface area contributed by atoms with Gasteiger partial charge in [0.2, 0.25) is 5.91 Å². The summed E-state index contributed by atoms with van der Waals surface area (Å²) >= 11 is 0. The Kier molecular flexibility index (Phi) is 8.77. The Balaban J connectivity index is 1.75. The highest BCUT2D eigenvalue weighted by atomic mass is 16.5. The molecule has 170 valence electrons. The molecule has 0 heterocycles. The molecule has 0 radical (unpaired) electrons. The molecule has 0 saturated carbocycles. The van der Waals surface area contributed by atoms with Crippen LogP contribution in [0, 0.1) is 0 Å². The van der Waals surface area contributed by atoms with Crippen molar-refractivity contribution < 1.29 is 19.1 Å². The summed E-state index contributed by atoms with van der Waals surface area (Å²) < 4.78 is 5.08. The van der Waals surface area contributed by atoms with Gasteiger partial charge in [-0.25, -0.2) is 0 Å². The van der Waals surface area contributed by atoms with Gasteiger partial charge in [0.1, 0.15) is 0 Å². The molecule has 6 nitrogen and oxygen atoms in total. The Morgan fingerprint density at radius 2 is 1.18 bits per heavy atom. The SMILES string of the molecule is CCOC(=O)CC(NC(=O)CC(NC(=O)c1ccccc1)c1ccccc1)c1ccccc1. The zero-order valence-electron chi connectivity index (χ0n) is 18.6. The second-order valence-corrected chi connectivity index (χ2v) is 7.55. The largest absolute Gasteiger partial charge is 0.466 e. The van der Waals surface area contributed by atoms with E-state index < -0.39 is 12.1 Å². The van der Waals surface area contributed by atoms with Crippen LogP contribution in [0.4, 0.5) is 0 Å². The molecule has 2 unspecified atom stereocenters. The minimum Gasteiger partial charge on any atom is -0.466 e. The summed E-state index contributed by atoms with van der Waals surface area (Å²) in [5, 5.41) is 5.91. The van der Waals surface area contributed by atoms with Gasteiger partial charge in [-0.15, -0.1) is 0 Å². The molecule has 2 amide bonds. The standard InChI is InChI=1S/C27H28N2O4/c1-2-33-26(31)19-24(21-14-8-4-9-15-21)28-25(30)18-23(20-12-6-3-7-13-20)29-27(32)22-16-10-5-11-17-22/h3-17,23-24H,2,18-19H2,1H3,(H,28,30)(H,29,32). The van der Waals surface area contributed by atoms with Crippen LogP contribution in [-0.4, -0.2) is 24.4 Å². The Hall–Kier alpha value is -3.93. The summed E-state index contributed by atoms with van der Waals surface area (Å²) in [5.41, 5.74) is 2.14. The molecule has 2 atom stereocenters. The number of hydrogen-bond donors (Lipinski definition) is 2. The van der Waals surface area contributed by atoms with E-state index in [9.17, 15) is 14.4 Å². The third-order valence-electron chi connectivity index (χ3n) is 5.15. The van der Waals surface area contributed by atoms with Gasteiger partial charge < -0.3 is 15.4 Å². The van der Waals surface area contributed by atoms with E-state index >= 15 is 0 Å². The Bertz CT molecular complexity index is 1040. The Morgan fingerprint density at radius 3 is 1.70 bits per heavy atom. The van der Waals surface area contributed by atoms with Crippen LogP contribution >= 0.6 is 0 Å². The first kappa shape index (κ1) is 23.7. The predicted octanol–water partition coefficient (Wildman–Crippen LogP) is 4.36. The molecule has 0 fully saturated rings. The van der Waals surface area contributed by atoms with Gasteiger partial charge in [-0.2, -0.15) is 0 Å². The van der Waals surface area contributed by atoms with E-state index in [-0.39, 0.29) is 37.2 Å². The summed E-state index contributed by atoms with van der Waals surface area (Å²) in [6.07, 6.45) is 0.0463. The van der Waals surface area contributed by atoms with Crippen LogP contribution in [0.5, 0.6) is 0 Å².